The van der Waals surface area contributed by atoms with Gasteiger partial charge in [-0.05, 0) is 88.1 Å². The molecule has 3 nitrogen and oxygen atoms in total. The number of hydrogen-bond acceptors (Lipinski definition) is 2. The van der Waals surface area contributed by atoms with E-state index in [-0.39, 0.29) is 5.91 Å². The Labute approximate surface area is 142 Å². The van der Waals surface area contributed by atoms with Crippen molar-refractivity contribution in [3.63, 3.8) is 0 Å². The fraction of sp³-hybridized carbons (Fsp3) is 0.562. The molecule has 1 amide bonds. The van der Waals surface area contributed by atoms with E-state index in [0.717, 1.165) is 33.0 Å². The number of amides is 1. The van der Waals surface area contributed by atoms with Crippen LogP contribution in [0.5, 0.6) is 0 Å². The van der Waals surface area contributed by atoms with E-state index in [4.69, 9.17) is 0 Å². The summed E-state index contributed by atoms with van der Waals surface area (Å²) < 4.78 is 1.85. The predicted molar refractivity (Wildman–Crippen MR) is 92.5 cm³/mol. The fourth-order valence-electron chi connectivity index (χ4n) is 3.61. The third-order valence-corrected chi connectivity index (χ3v) is 5.75. The molecule has 2 saturated heterocycles. The first-order chi connectivity index (χ1) is 10.0. The van der Waals surface area contributed by atoms with Gasteiger partial charge in [0.15, 0.2) is 0 Å². The largest absolute Gasteiger partial charge is 0.324 e. The van der Waals surface area contributed by atoms with Crippen LogP contribution in [-0.2, 0) is 4.79 Å². The number of nitrogens with one attached hydrogen (secondary N) is 2. The number of anilines is 1. The minimum Gasteiger partial charge on any atom is -0.324 e. The summed E-state index contributed by atoms with van der Waals surface area (Å²) in [6, 6.07) is 5.31. The third kappa shape index (κ3) is 3.69. The van der Waals surface area contributed by atoms with Crippen LogP contribution in [0.3, 0.4) is 0 Å². The van der Waals surface area contributed by atoms with Crippen LogP contribution in [0.1, 0.15) is 37.7 Å². The van der Waals surface area contributed by atoms with E-state index < -0.39 is 0 Å². The number of fused-ring (bicyclic) bond motifs is 2. The molecule has 2 bridgehead atoms. The van der Waals surface area contributed by atoms with Crippen LogP contribution in [0.4, 0.5) is 5.69 Å². The van der Waals surface area contributed by atoms with Crippen molar-refractivity contribution in [1.82, 2.24) is 5.32 Å². The second-order valence-electron chi connectivity index (χ2n) is 6.33. The number of piperidine rings is 1. The van der Waals surface area contributed by atoms with E-state index in [0.29, 0.717) is 24.4 Å². The summed E-state index contributed by atoms with van der Waals surface area (Å²) in [7, 11) is 0. The lowest BCUT2D eigenvalue weighted by atomic mass is 9.89. The van der Waals surface area contributed by atoms with Gasteiger partial charge in [0, 0.05) is 27.4 Å². The summed E-state index contributed by atoms with van der Waals surface area (Å²) in [6.07, 6.45) is 5.46. The zero-order valence-corrected chi connectivity index (χ0v) is 15.3. The molecular formula is C16H20Br2N2O. The second-order valence-corrected chi connectivity index (χ2v) is 8.04. The van der Waals surface area contributed by atoms with Gasteiger partial charge >= 0.3 is 0 Å². The van der Waals surface area contributed by atoms with E-state index in [1.165, 1.54) is 12.8 Å². The Kier molecular flexibility index (Phi) is 4.71. The number of aryl methyl sites for hydroxylation is 1. The highest BCUT2D eigenvalue weighted by atomic mass is 79.9. The van der Waals surface area contributed by atoms with Crippen molar-refractivity contribution in [1.29, 1.82) is 0 Å². The van der Waals surface area contributed by atoms with Crippen molar-refractivity contribution in [2.24, 2.45) is 5.92 Å². The number of carbonyl (C=O) groups excluding carboxylic acids is 1. The number of hydrogen-bond donors (Lipinski definition) is 2. The molecule has 2 heterocycles. The lowest BCUT2D eigenvalue weighted by Gasteiger charge is -2.28. The SMILES string of the molecule is Cc1cc(Br)c(NC(=O)CC2CC3CCC(C2)N3)c(Br)c1. The number of rotatable bonds is 3. The van der Waals surface area contributed by atoms with Crippen LogP contribution in [0.2, 0.25) is 0 Å². The Bertz CT molecular complexity index is 526. The zero-order chi connectivity index (χ0) is 15.0. The minimum atomic E-state index is 0.117. The Balaban J connectivity index is 1.62. The van der Waals surface area contributed by atoms with Gasteiger partial charge in [-0.3, -0.25) is 4.79 Å². The number of benzene rings is 1. The molecular weight excluding hydrogens is 396 g/mol. The van der Waals surface area contributed by atoms with Gasteiger partial charge < -0.3 is 10.6 Å². The van der Waals surface area contributed by atoms with Crippen molar-refractivity contribution < 1.29 is 4.79 Å². The fourth-order valence-corrected chi connectivity index (χ4v) is 5.23. The summed E-state index contributed by atoms with van der Waals surface area (Å²) >= 11 is 7.05. The van der Waals surface area contributed by atoms with Crippen LogP contribution in [-0.4, -0.2) is 18.0 Å². The molecule has 21 heavy (non-hydrogen) atoms. The van der Waals surface area contributed by atoms with Gasteiger partial charge in [-0.15, -0.1) is 0 Å². The topological polar surface area (TPSA) is 41.1 Å². The average molecular weight is 416 g/mol. The van der Waals surface area contributed by atoms with E-state index in [1.54, 1.807) is 0 Å². The molecule has 0 spiro atoms. The molecule has 2 atom stereocenters. The smallest absolute Gasteiger partial charge is 0.224 e. The molecule has 3 rings (SSSR count). The van der Waals surface area contributed by atoms with Crippen LogP contribution < -0.4 is 10.6 Å². The van der Waals surface area contributed by atoms with E-state index in [9.17, 15) is 4.79 Å². The number of carbonyl (C=O) groups is 1. The molecule has 2 aliphatic rings. The van der Waals surface area contributed by atoms with Gasteiger partial charge in [0.1, 0.15) is 0 Å². The van der Waals surface area contributed by atoms with Crippen LogP contribution in [0, 0.1) is 12.8 Å². The summed E-state index contributed by atoms with van der Waals surface area (Å²) in [5.74, 6) is 0.637. The monoisotopic (exact) mass is 414 g/mol. The highest BCUT2D eigenvalue weighted by molar-refractivity contribution is 9.11. The van der Waals surface area contributed by atoms with Crippen LogP contribution in [0.25, 0.3) is 0 Å². The maximum Gasteiger partial charge on any atom is 0.224 e. The van der Waals surface area contributed by atoms with E-state index >= 15 is 0 Å². The quantitative estimate of drug-likeness (QED) is 0.768. The van der Waals surface area contributed by atoms with Crippen molar-refractivity contribution in [2.75, 3.05) is 5.32 Å². The Morgan fingerprint density at radius 3 is 2.38 bits per heavy atom. The molecule has 1 aromatic carbocycles. The average Bonchev–Trinajstić information content (AvgIpc) is 2.73. The molecule has 114 valence electrons. The Hall–Kier alpha value is -0.390. The number of halogens is 2. The highest BCUT2D eigenvalue weighted by Gasteiger charge is 2.34. The third-order valence-electron chi connectivity index (χ3n) is 4.50. The molecule has 2 aliphatic heterocycles. The molecule has 0 aliphatic carbocycles. The molecule has 0 saturated carbocycles. The highest BCUT2D eigenvalue weighted by Crippen LogP contribution is 2.35. The van der Waals surface area contributed by atoms with Crippen molar-refractivity contribution in [3.05, 3.63) is 26.6 Å². The first-order valence-corrected chi connectivity index (χ1v) is 9.11. The second kappa shape index (κ2) is 6.39. The maximum absolute atomic E-state index is 12.3. The lowest BCUT2D eigenvalue weighted by molar-refractivity contribution is -0.117. The van der Waals surface area contributed by atoms with Gasteiger partial charge in [0.25, 0.3) is 0 Å². The lowest BCUT2D eigenvalue weighted by Crippen LogP contribution is -2.39. The molecule has 5 heteroatoms. The van der Waals surface area contributed by atoms with Crippen LogP contribution in [0.15, 0.2) is 21.1 Å². The van der Waals surface area contributed by atoms with Gasteiger partial charge in [-0.1, -0.05) is 0 Å². The molecule has 2 unspecified atom stereocenters. The first kappa shape index (κ1) is 15.5. The van der Waals surface area contributed by atoms with E-state index in [1.807, 2.05) is 19.1 Å². The molecule has 1 aromatic rings. The van der Waals surface area contributed by atoms with Gasteiger partial charge in [-0.2, -0.15) is 0 Å². The zero-order valence-electron chi connectivity index (χ0n) is 12.1. The molecule has 0 radical (unpaired) electrons. The standard InChI is InChI=1S/C16H20Br2N2O/c1-9-4-13(17)16(14(18)5-9)20-15(21)8-10-6-11-2-3-12(7-10)19-11/h4-5,10-12,19H,2-3,6-8H2,1H3,(H,20,21). The molecule has 0 aromatic heterocycles. The molecule has 2 fully saturated rings. The summed E-state index contributed by atoms with van der Waals surface area (Å²) in [6.45, 7) is 2.03. The normalized spacial score (nSPS) is 27.7. The Morgan fingerprint density at radius 1 is 1.24 bits per heavy atom. The summed E-state index contributed by atoms with van der Waals surface area (Å²) in [5, 5.41) is 6.67. The first-order valence-electron chi connectivity index (χ1n) is 7.53. The summed E-state index contributed by atoms with van der Waals surface area (Å²) in [4.78, 5) is 12.3. The van der Waals surface area contributed by atoms with Crippen LogP contribution >= 0.6 is 31.9 Å². The van der Waals surface area contributed by atoms with Crippen molar-refractivity contribution >= 4 is 43.5 Å². The molecule has 2 N–H and O–H groups in total. The minimum absolute atomic E-state index is 0.117. The van der Waals surface area contributed by atoms with E-state index in [2.05, 4.69) is 42.5 Å². The summed E-state index contributed by atoms with van der Waals surface area (Å²) in [5.41, 5.74) is 1.99. The van der Waals surface area contributed by atoms with Gasteiger partial charge in [-0.25, -0.2) is 0 Å². The predicted octanol–water partition coefficient (Wildman–Crippen LogP) is 4.38. The van der Waals surface area contributed by atoms with Crippen molar-refractivity contribution in [2.45, 2.75) is 51.1 Å². The van der Waals surface area contributed by atoms with Gasteiger partial charge in [0.2, 0.25) is 5.91 Å². The van der Waals surface area contributed by atoms with Gasteiger partial charge in [0.05, 0.1) is 5.69 Å². The Morgan fingerprint density at radius 2 is 1.81 bits per heavy atom. The van der Waals surface area contributed by atoms with Crippen molar-refractivity contribution in [3.8, 4) is 0 Å². The maximum atomic E-state index is 12.3.